The van der Waals surface area contributed by atoms with Crippen LogP contribution in [0.25, 0.3) is 0 Å². The average Bonchev–Trinajstić information content (AvgIpc) is 2.46. The molecular weight excluding hydrogens is 234 g/mol. The Morgan fingerprint density at radius 2 is 1.89 bits per heavy atom. The lowest BCUT2D eigenvalue weighted by atomic mass is 10.1. The fraction of sp³-hybridized carbons (Fsp3) is 0.625. The van der Waals surface area contributed by atoms with Crippen molar-refractivity contribution in [1.82, 2.24) is 10.2 Å². The van der Waals surface area contributed by atoms with Gasteiger partial charge in [-0.05, 0) is 58.1 Å². The average molecular weight is 261 g/mol. The standard InChI is InChI=1S/C16H27N3/c1-18-13-9-15(10-14-18)17-11-6-12-19(2)16-7-4-3-5-8-16/h3-5,7-8,15,17H,6,9-14H2,1-2H3. The molecule has 1 N–H and O–H groups in total. The number of nitrogens with one attached hydrogen (secondary N) is 1. The van der Waals surface area contributed by atoms with Crippen LogP contribution in [0.15, 0.2) is 30.3 Å². The zero-order chi connectivity index (χ0) is 13.5. The van der Waals surface area contributed by atoms with Gasteiger partial charge in [0.25, 0.3) is 0 Å². The SMILES string of the molecule is CN1CCC(NCCCN(C)c2ccccc2)CC1. The minimum atomic E-state index is 0.734. The van der Waals surface area contributed by atoms with Crippen molar-refractivity contribution < 1.29 is 0 Å². The number of piperidine rings is 1. The molecule has 3 nitrogen and oxygen atoms in total. The number of rotatable bonds is 6. The number of benzene rings is 1. The van der Waals surface area contributed by atoms with Crippen LogP contribution < -0.4 is 10.2 Å². The molecule has 0 radical (unpaired) electrons. The second-order valence-corrected chi connectivity index (χ2v) is 5.64. The van der Waals surface area contributed by atoms with Crippen molar-refractivity contribution in [2.24, 2.45) is 0 Å². The van der Waals surface area contributed by atoms with Gasteiger partial charge in [0.05, 0.1) is 0 Å². The van der Waals surface area contributed by atoms with Crippen molar-refractivity contribution in [3.05, 3.63) is 30.3 Å². The van der Waals surface area contributed by atoms with Crippen molar-refractivity contribution in [1.29, 1.82) is 0 Å². The summed E-state index contributed by atoms with van der Waals surface area (Å²) in [6.07, 6.45) is 3.80. The lowest BCUT2D eigenvalue weighted by Gasteiger charge is -2.29. The summed E-state index contributed by atoms with van der Waals surface area (Å²) in [6, 6.07) is 11.3. The molecule has 0 unspecified atom stereocenters. The third kappa shape index (κ3) is 4.84. The summed E-state index contributed by atoms with van der Waals surface area (Å²) in [5.41, 5.74) is 1.31. The van der Waals surface area contributed by atoms with E-state index in [0.717, 1.165) is 19.1 Å². The summed E-state index contributed by atoms with van der Waals surface area (Å²) in [6.45, 7) is 4.72. The van der Waals surface area contributed by atoms with Crippen molar-refractivity contribution in [3.63, 3.8) is 0 Å². The van der Waals surface area contributed by atoms with Crippen LogP contribution in [-0.2, 0) is 0 Å². The van der Waals surface area contributed by atoms with Gasteiger partial charge in [0.15, 0.2) is 0 Å². The molecule has 1 aliphatic rings. The van der Waals surface area contributed by atoms with E-state index in [1.165, 1.54) is 38.0 Å². The molecule has 0 spiro atoms. The molecule has 0 aliphatic carbocycles. The highest BCUT2D eigenvalue weighted by Crippen LogP contribution is 2.11. The molecule has 19 heavy (non-hydrogen) atoms. The Bertz CT molecular complexity index is 344. The largest absolute Gasteiger partial charge is 0.375 e. The Morgan fingerprint density at radius 1 is 1.21 bits per heavy atom. The maximum atomic E-state index is 3.70. The van der Waals surface area contributed by atoms with Gasteiger partial charge < -0.3 is 15.1 Å². The highest BCUT2D eigenvalue weighted by Gasteiger charge is 2.15. The van der Waals surface area contributed by atoms with Gasteiger partial charge in [-0.15, -0.1) is 0 Å². The van der Waals surface area contributed by atoms with Crippen molar-refractivity contribution in [3.8, 4) is 0 Å². The smallest absolute Gasteiger partial charge is 0.0363 e. The van der Waals surface area contributed by atoms with Gasteiger partial charge in [-0.3, -0.25) is 0 Å². The van der Waals surface area contributed by atoms with Crippen LogP contribution in [-0.4, -0.2) is 51.2 Å². The third-order valence-electron chi connectivity index (χ3n) is 4.02. The zero-order valence-electron chi connectivity index (χ0n) is 12.3. The van der Waals surface area contributed by atoms with E-state index >= 15 is 0 Å². The Hall–Kier alpha value is -1.06. The van der Waals surface area contributed by atoms with Crippen LogP contribution in [0.3, 0.4) is 0 Å². The van der Waals surface area contributed by atoms with Gasteiger partial charge in [-0.1, -0.05) is 18.2 Å². The van der Waals surface area contributed by atoms with Crippen molar-refractivity contribution >= 4 is 5.69 Å². The van der Waals surface area contributed by atoms with Crippen LogP contribution in [0.4, 0.5) is 5.69 Å². The van der Waals surface area contributed by atoms with E-state index in [1.54, 1.807) is 0 Å². The first-order valence-electron chi connectivity index (χ1n) is 7.44. The van der Waals surface area contributed by atoms with Gasteiger partial charge in [0, 0.05) is 25.3 Å². The third-order valence-corrected chi connectivity index (χ3v) is 4.02. The number of hydrogen-bond acceptors (Lipinski definition) is 3. The molecule has 1 fully saturated rings. The molecule has 1 aromatic rings. The van der Waals surface area contributed by atoms with Crippen LogP contribution in [0, 0.1) is 0 Å². The molecule has 0 saturated carbocycles. The first-order chi connectivity index (χ1) is 9.25. The second kappa shape index (κ2) is 7.51. The van der Waals surface area contributed by atoms with E-state index in [0.29, 0.717) is 0 Å². The summed E-state index contributed by atoms with van der Waals surface area (Å²) in [7, 11) is 4.38. The number of hydrogen-bond donors (Lipinski definition) is 1. The lowest BCUT2D eigenvalue weighted by molar-refractivity contribution is 0.235. The molecule has 0 amide bonds. The van der Waals surface area contributed by atoms with Gasteiger partial charge in [-0.25, -0.2) is 0 Å². The van der Waals surface area contributed by atoms with Gasteiger partial charge in [0.2, 0.25) is 0 Å². The number of likely N-dealkylation sites (tertiary alicyclic amines) is 1. The molecule has 1 heterocycles. The Balaban J connectivity index is 1.59. The molecule has 2 rings (SSSR count). The minimum Gasteiger partial charge on any atom is -0.375 e. The normalized spacial score (nSPS) is 17.6. The van der Waals surface area contributed by atoms with Crippen molar-refractivity contribution in [2.75, 3.05) is 45.2 Å². The molecule has 0 atom stereocenters. The molecule has 106 valence electrons. The van der Waals surface area contributed by atoms with Crippen LogP contribution in [0.5, 0.6) is 0 Å². The molecular formula is C16H27N3. The Kier molecular flexibility index (Phi) is 5.67. The van der Waals surface area contributed by atoms with E-state index in [2.05, 4.69) is 59.5 Å². The molecule has 1 aliphatic heterocycles. The lowest BCUT2D eigenvalue weighted by Crippen LogP contribution is -2.41. The van der Waals surface area contributed by atoms with E-state index in [-0.39, 0.29) is 0 Å². The maximum Gasteiger partial charge on any atom is 0.0363 e. The number of nitrogens with zero attached hydrogens (tertiary/aromatic N) is 2. The summed E-state index contributed by atoms with van der Waals surface area (Å²) in [4.78, 5) is 4.75. The first-order valence-corrected chi connectivity index (χ1v) is 7.44. The van der Waals surface area contributed by atoms with Crippen LogP contribution >= 0.6 is 0 Å². The molecule has 1 aromatic carbocycles. The van der Waals surface area contributed by atoms with Crippen LogP contribution in [0.1, 0.15) is 19.3 Å². The molecule has 1 saturated heterocycles. The highest BCUT2D eigenvalue weighted by atomic mass is 15.1. The quantitative estimate of drug-likeness (QED) is 0.792. The molecule has 0 aromatic heterocycles. The van der Waals surface area contributed by atoms with Crippen molar-refractivity contribution in [2.45, 2.75) is 25.3 Å². The second-order valence-electron chi connectivity index (χ2n) is 5.64. The minimum absolute atomic E-state index is 0.734. The summed E-state index contributed by atoms with van der Waals surface area (Å²) in [5.74, 6) is 0. The first kappa shape index (κ1) is 14.4. The number of para-hydroxylation sites is 1. The van der Waals surface area contributed by atoms with E-state index in [9.17, 15) is 0 Å². The van der Waals surface area contributed by atoms with E-state index in [1.807, 2.05) is 0 Å². The predicted octanol–water partition coefficient (Wildman–Crippen LogP) is 2.20. The Labute approximate surface area is 117 Å². The monoisotopic (exact) mass is 261 g/mol. The summed E-state index contributed by atoms with van der Waals surface area (Å²) < 4.78 is 0. The van der Waals surface area contributed by atoms with E-state index < -0.39 is 0 Å². The zero-order valence-corrected chi connectivity index (χ0v) is 12.3. The Morgan fingerprint density at radius 3 is 2.58 bits per heavy atom. The predicted molar refractivity (Wildman–Crippen MR) is 82.9 cm³/mol. The molecule has 0 bridgehead atoms. The van der Waals surface area contributed by atoms with Gasteiger partial charge >= 0.3 is 0 Å². The van der Waals surface area contributed by atoms with Gasteiger partial charge in [0.1, 0.15) is 0 Å². The van der Waals surface area contributed by atoms with E-state index in [4.69, 9.17) is 0 Å². The fourth-order valence-corrected chi connectivity index (χ4v) is 2.65. The van der Waals surface area contributed by atoms with Gasteiger partial charge in [-0.2, -0.15) is 0 Å². The van der Waals surface area contributed by atoms with Crippen LogP contribution in [0.2, 0.25) is 0 Å². The maximum absolute atomic E-state index is 3.70. The topological polar surface area (TPSA) is 18.5 Å². The number of anilines is 1. The summed E-state index contributed by atoms with van der Waals surface area (Å²) >= 11 is 0. The fourth-order valence-electron chi connectivity index (χ4n) is 2.65. The summed E-state index contributed by atoms with van der Waals surface area (Å²) in [5, 5.41) is 3.70. The highest BCUT2D eigenvalue weighted by molar-refractivity contribution is 5.44. The molecule has 3 heteroatoms.